The lowest BCUT2D eigenvalue weighted by molar-refractivity contribution is -0.0450. The van der Waals surface area contributed by atoms with Crippen molar-refractivity contribution < 1.29 is 60.6 Å². The molecule has 1 aliphatic rings. The van der Waals surface area contributed by atoms with Crippen LogP contribution < -0.4 is 5.73 Å². The minimum atomic E-state index is -5.74. The normalized spacial score (nSPS) is 28.0. The van der Waals surface area contributed by atoms with Gasteiger partial charge in [-0.15, -0.1) is 0 Å². The minimum Gasteiger partial charge on any atom is -0.387 e. The summed E-state index contributed by atoms with van der Waals surface area (Å²) in [5.74, 6) is -0.114. The first-order valence-electron chi connectivity index (χ1n) is 8.00. The Morgan fingerprint density at radius 1 is 1.19 bits per heavy atom. The summed E-state index contributed by atoms with van der Waals surface area (Å²) in [7, 11) is -16.8. The quantitative estimate of drug-likeness (QED) is 0.189. The van der Waals surface area contributed by atoms with Crippen molar-refractivity contribution in [3.63, 3.8) is 0 Å². The number of nitrogens with two attached hydrogens (primary N) is 1. The first kappa shape index (κ1) is 25.5. The van der Waals surface area contributed by atoms with Crippen LogP contribution in [0.4, 0.5) is 10.2 Å². The lowest BCUT2D eigenvalue weighted by Crippen LogP contribution is -2.31. The fraction of sp³-hybridized carbons (Fsp3) is 0.500. The molecule has 6 atom stereocenters. The molecule has 22 heteroatoms. The standard InChI is InChI=1S/C10H14ClFN5O12P3/c11-10-15-7(13)5-8(16-10)17(2-14-5)9-4(12)6(18)3(27-9)1-26-31(22,23)29-32(24,25)28-30(19,20)21/h2-4,6,9,18H,1H2,(H,22,23)(H,24,25)(H2,13,15,16)(H2,19,20,21)/t3?,4-,6+,9?/m0/s1. The molecule has 3 heterocycles. The number of hydrogen-bond acceptors (Lipinski definition) is 12. The van der Waals surface area contributed by atoms with Gasteiger partial charge in [0.1, 0.15) is 17.7 Å². The van der Waals surface area contributed by atoms with Crippen molar-refractivity contribution in [2.75, 3.05) is 12.3 Å². The Morgan fingerprint density at radius 3 is 2.47 bits per heavy atom. The molecular weight excluding hydrogens is 530 g/mol. The monoisotopic (exact) mass is 543 g/mol. The summed E-state index contributed by atoms with van der Waals surface area (Å²) in [5.41, 5.74) is 5.66. The van der Waals surface area contributed by atoms with Crippen molar-refractivity contribution in [3.05, 3.63) is 11.6 Å². The summed E-state index contributed by atoms with van der Waals surface area (Å²) in [4.78, 5) is 47.0. The lowest BCUT2D eigenvalue weighted by atomic mass is 10.1. The van der Waals surface area contributed by atoms with E-state index in [0.29, 0.717) is 0 Å². The number of aliphatic hydroxyl groups is 1. The van der Waals surface area contributed by atoms with Gasteiger partial charge in [-0.05, 0) is 11.6 Å². The van der Waals surface area contributed by atoms with Gasteiger partial charge in [0, 0.05) is 0 Å². The summed E-state index contributed by atoms with van der Waals surface area (Å²) in [6.07, 6.45) is -6.20. The molecule has 7 N–H and O–H groups in total. The maximum absolute atomic E-state index is 14.7. The van der Waals surface area contributed by atoms with E-state index >= 15 is 0 Å². The van der Waals surface area contributed by atoms with Gasteiger partial charge in [0.05, 0.1) is 12.9 Å². The van der Waals surface area contributed by atoms with E-state index in [9.17, 15) is 28.1 Å². The van der Waals surface area contributed by atoms with Crippen molar-refractivity contribution in [1.82, 2.24) is 19.5 Å². The number of ether oxygens (including phenoxy) is 1. The molecule has 2 aromatic heterocycles. The molecule has 0 spiro atoms. The topological polar surface area (TPSA) is 259 Å². The van der Waals surface area contributed by atoms with E-state index in [0.717, 1.165) is 10.9 Å². The first-order valence-corrected chi connectivity index (χ1v) is 12.9. The van der Waals surface area contributed by atoms with Gasteiger partial charge in [0.15, 0.2) is 23.9 Å². The highest BCUT2D eigenvalue weighted by Crippen LogP contribution is 2.66. The third-order valence-corrected chi connectivity index (χ3v) is 7.78. The predicted molar refractivity (Wildman–Crippen MR) is 99.4 cm³/mol. The summed E-state index contributed by atoms with van der Waals surface area (Å²) >= 11 is 5.72. The first-order chi connectivity index (χ1) is 14.6. The molecule has 0 bridgehead atoms. The highest BCUT2D eigenvalue weighted by atomic mass is 35.5. The summed E-state index contributed by atoms with van der Waals surface area (Å²) in [6, 6.07) is 0. The summed E-state index contributed by atoms with van der Waals surface area (Å²) in [6.45, 7) is -1.06. The molecule has 0 radical (unpaired) electrons. The van der Waals surface area contributed by atoms with Crippen LogP contribution in [-0.4, -0.2) is 69.2 Å². The van der Waals surface area contributed by atoms with Crippen LogP contribution in [0.25, 0.3) is 11.2 Å². The van der Waals surface area contributed by atoms with Crippen molar-refractivity contribution in [2.24, 2.45) is 0 Å². The largest absolute Gasteiger partial charge is 0.490 e. The zero-order valence-electron chi connectivity index (χ0n) is 15.2. The lowest BCUT2D eigenvalue weighted by Gasteiger charge is -2.19. The van der Waals surface area contributed by atoms with E-state index in [2.05, 4.69) is 28.1 Å². The predicted octanol–water partition coefficient (Wildman–Crippen LogP) is 0.00160. The summed E-state index contributed by atoms with van der Waals surface area (Å²) in [5, 5.41) is 9.77. The zero-order valence-corrected chi connectivity index (χ0v) is 18.6. The van der Waals surface area contributed by atoms with Crippen LogP contribution in [0, 0.1) is 0 Å². The zero-order chi connectivity index (χ0) is 24.1. The number of imidazole rings is 1. The van der Waals surface area contributed by atoms with Crippen LogP contribution in [0.2, 0.25) is 5.28 Å². The van der Waals surface area contributed by atoms with Crippen LogP contribution in [0.3, 0.4) is 0 Å². The molecule has 0 aliphatic carbocycles. The number of hydrogen-bond donors (Lipinski definition) is 6. The highest BCUT2D eigenvalue weighted by molar-refractivity contribution is 7.66. The van der Waals surface area contributed by atoms with Crippen molar-refractivity contribution in [2.45, 2.75) is 24.6 Å². The molecule has 0 saturated carbocycles. The molecule has 0 amide bonds. The van der Waals surface area contributed by atoms with E-state index in [-0.39, 0.29) is 22.3 Å². The number of phosphoric ester groups is 1. The van der Waals surface area contributed by atoms with Gasteiger partial charge in [-0.2, -0.15) is 18.6 Å². The number of nitrogen functional groups attached to an aromatic ring is 1. The van der Waals surface area contributed by atoms with Gasteiger partial charge in [-0.1, -0.05) is 0 Å². The Bertz CT molecular complexity index is 1160. The summed E-state index contributed by atoms with van der Waals surface area (Å²) < 4.78 is 66.1. The van der Waals surface area contributed by atoms with Gasteiger partial charge in [-0.3, -0.25) is 9.09 Å². The molecule has 3 rings (SSSR count). The van der Waals surface area contributed by atoms with E-state index in [4.69, 9.17) is 36.8 Å². The van der Waals surface area contributed by atoms with Crippen molar-refractivity contribution in [3.8, 4) is 0 Å². The minimum absolute atomic E-state index is 0.0455. The third kappa shape index (κ3) is 5.87. The van der Waals surface area contributed by atoms with E-state index in [1.54, 1.807) is 0 Å². The molecule has 1 fully saturated rings. The number of anilines is 1. The van der Waals surface area contributed by atoms with Crippen molar-refractivity contribution >= 4 is 52.1 Å². The molecule has 1 aliphatic heterocycles. The average molecular weight is 544 g/mol. The van der Waals surface area contributed by atoms with Gasteiger partial charge < -0.3 is 35.2 Å². The number of aromatic nitrogens is 4. The molecule has 17 nitrogen and oxygen atoms in total. The van der Waals surface area contributed by atoms with Crippen molar-refractivity contribution in [1.29, 1.82) is 0 Å². The number of rotatable bonds is 8. The van der Waals surface area contributed by atoms with Crippen LogP contribution in [0.15, 0.2) is 6.33 Å². The SMILES string of the molecule is Nc1nc(Cl)nc2c1ncn2C1OC(COP(=O)(O)OP(=O)(O)OP(=O)(O)O)[C@@H](O)[C@@H]1F. The average Bonchev–Trinajstić information content (AvgIpc) is 3.12. The fourth-order valence-electron chi connectivity index (χ4n) is 2.63. The highest BCUT2D eigenvalue weighted by Gasteiger charge is 2.48. The van der Waals surface area contributed by atoms with Crippen LogP contribution in [-0.2, 0) is 31.6 Å². The number of phosphoric acid groups is 3. The van der Waals surface area contributed by atoms with E-state index in [1.807, 2.05) is 0 Å². The second kappa shape index (κ2) is 8.92. The Kier molecular flexibility index (Phi) is 7.12. The van der Waals surface area contributed by atoms with Gasteiger partial charge in [0.2, 0.25) is 5.28 Å². The third-order valence-electron chi connectivity index (χ3n) is 3.81. The maximum Gasteiger partial charge on any atom is 0.490 e. The van der Waals surface area contributed by atoms with E-state index in [1.165, 1.54) is 0 Å². The molecular formula is C10H14ClFN5O12P3. The van der Waals surface area contributed by atoms with E-state index < -0.39 is 54.7 Å². The Balaban J connectivity index is 1.72. The number of halogens is 2. The maximum atomic E-state index is 14.7. The van der Waals surface area contributed by atoms with Gasteiger partial charge >= 0.3 is 23.5 Å². The number of alkyl halides is 1. The Morgan fingerprint density at radius 2 is 1.84 bits per heavy atom. The molecule has 32 heavy (non-hydrogen) atoms. The smallest absolute Gasteiger partial charge is 0.387 e. The van der Waals surface area contributed by atoms with Gasteiger partial charge in [0.25, 0.3) is 0 Å². The molecule has 0 aromatic carbocycles. The second-order valence-electron chi connectivity index (χ2n) is 6.09. The van der Waals surface area contributed by atoms with Crippen LogP contribution in [0.1, 0.15) is 6.23 Å². The number of aliphatic hydroxyl groups excluding tert-OH is 1. The number of fused-ring (bicyclic) bond motifs is 1. The van der Waals surface area contributed by atoms with Gasteiger partial charge in [-0.25, -0.2) is 23.1 Å². The number of nitrogens with zero attached hydrogens (tertiary/aromatic N) is 4. The fourth-order valence-corrected chi connectivity index (χ4v) is 5.83. The second-order valence-corrected chi connectivity index (χ2v) is 10.8. The molecule has 1 saturated heterocycles. The molecule has 180 valence electrons. The molecule has 4 unspecified atom stereocenters. The Labute approximate surface area is 181 Å². The Hall–Kier alpha value is -1.10. The molecule has 2 aromatic rings. The van der Waals surface area contributed by atoms with Crippen LogP contribution in [0.5, 0.6) is 0 Å². The van der Waals surface area contributed by atoms with Crippen LogP contribution >= 0.6 is 35.1 Å².